The van der Waals surface area contributed by atoms with E-state index in [1.165, 1.54) is 5.56 Å². The Morgan fingerprint density at radius 1 is 1.35 bits per heavy atom. The quantitative estimate of drug-likeness (QED) is 0.754. The molecule has 0 saturated heterocycles. The molecular formula is C14H16N2O. The smallest absolute Gasteiger partial charge is 0.139 e. The van der Waals surface area contributed by atoms with E-state index >= 15 is 0 Å². The Hall–Kier alpha value is -1.90. The number of hydrogen-bond acceptors (Lipinski definition) is 2. The van der Waals surface area contributed by atoms with Gasteiger partial charge in [-0.3, -0.25) is 0 Å². The van der Waals surface area contributed by atoms with E-state index in [0.717, 1.165) is 17.7 Å². The number of aldehydes is 1. The molecule has 0 N–H and O–H groups in total. The van der Waals surface area contributed by atoms with Crippen LogP contribution in [-0.2, 0) is 11.8 Å². The molecule has 0 fully saturated rings. The fourth-order valence-corrected chi connectivity index (χ4v) is 1.88. The number of carbonyl (C=O) groups is 1. The number of rotatable bonds is 4. The zero-order chi connectivity index (χ0) is 12.3. The maximum atomic E-state index is 10.5. The van der Waals surface area contributed by atoms with Crippen molar-refractivity contribution in [2.24, 2.45) is 7.05 Å². The Balaban J connectivity index is 2.24. The van der Waals surface area contributed by atoms with Crippen LogP contribution in [0.25, 0.3) is 11.4 Å². The minimum Gasteiger partial charge on any atom is -0.334 e. The summed E-state index contributed by atoms with van der Waals surface area (Å²) in [7, 11) is 1.98. The summed E-state index contributed by atoms with van der Waals surface area (Å²) in [6, 6.07) is 8.24. The van der Waals surface area contributed by atoms with Crippen LogP contribution in [0.3, 0.4) is 0 Å². The van der Waals surface area contributed by atoms with Crippen LogP contribution in [0.4, 0.5) is 0 Å². The van der Waals surface area contributed by atoms with Gasteiger partial charge in [-0.1, -0.05) is 31.2 Å². The fraction of sp³-hybridized carbons (Fsp3) is 0.286. The monoisotopic (exact) mass is 228 g/mol. The first-order valence-electron chi connectivity index (χ1n) is 5.73. The first kappa shape index (κ1) is 11.6. The lowest BCUT2D eigenvalue weighted by Gasteiger charge is -2.09. The molecule has 88 valence electrons. The van der Waals surface area contributed by atoms with Crippen LogP contribution >= 0.6 is 0 Å². The van der Waals surface area contributed by atoms with Crippen molar-refractivity contribution in [3.05, 3.63) is 42.2 Å². The van der Waals surface area contributed by atoms with Gasteiger partial charge in [-0.2, -0.15) is 0 Å². The third-order valence-corrected chi connectivity index (χ3v) is 3.01. The van der Waals surface area contributed by atoms with Gasteiger partial charge in [0.1, 0.15) is 12.1 Å². The second-order valence-corrected chi connectivity index (χ2v) is 4.29. The van der Waals surface area contributed by atoms with Crippen molar-refractivity contribution in [2.75, 3.05) is 0 Å². The summed E-state index contributed by atoms with van der Waals surface area (Å²) in [6.45, 7) is 2.06. The van der Waals surface area contributed by atoms with Gasteiger partial charge in [-0.25, -0.2) is 4.98 Å². The predicted octanol–water partition coefficient (Wildman–Crippen LogP) is 2.78. The molecule has 0 aliphatic rings. The summed E-state index contributed by atoms with van der Waals surface area (Å²) in [5.74, 6) is 1.24. The average molecular weight is 228 g/mol. The van der Waals surface area contributed by atoms with Crippen molar-refractivity contribution >= 4 is 6.29 Å². The van der Waals surface area contributed by atoms with E-state index in [9.17, 15) is 4.79 Å². The van der Waals surface area contributed by atoms with Crippen LogP contribution in [0.15, 0.2) is 36.7 Å². The van der Waals surface area contributed by atoms with Gasteiger partial charge < -0.3 is 9.36 Å². The number of hydrogen-bond donors (Lipinski definition) is 0. The van der Waals surface area contributed by atoms with Gasteiger partial charge in [0.2, 0.25) is 0 Å². The molecule has 3 nitrogen and oxygen atoms in total. The summed E-state index contributed by atoms with van der Waals surface area (Å²) in [4.78, 5) is 14.8. The number of aryl methyl sites for hydroxylation is 1. The lowest BCUT2D eigenvalue weighted by atomic mass is 9.97. The van der Waals surface area contributed by atoms with Gasteiger partial charge in [0.05, 0.1) is 0 Å². The van der Waals surface area contributed by atoms with Crippen LogP contribution < -0.4 is 0 Å². The van der Waals surface area contributed by atoms with Crippen molar-refractivity contribution in [1.29, 1.82) is 0 Å². The molecule has 1 aromatic carbocycles. The number of nitrogens with zero attached hydrogens (tertiary/aromatic N) is 2. The third-order valence-electron chi connectivity index (χ3n) is 3.01. The number of aromatic nitrogens is 2. The van der Waals surface area contributed by atoms with E-state index in [2.05, 4.69) is 36.2 Å². The standard InChI is InChI=1S/C14H16N2O/c1-11(7-10-17)12-3-5-13(6-4-12)14-15-8-9-16(14)2/h3-6,8-11H,7H2,1-2H3. The molecule has 1 unspecified atom stereocenters. The van der Waals surface area contributed by atoms with Crippen LogP contribution in [0.2, 0.25) is 0 Å². The first-order valence-corrected chi connectivity index (χ1v) is 5.73. The molecule has 0 aliphatic heterocycles. The highest BCUT2D eigenvalue weighted by Crippen LogP contribution is 2.22. The molecule has 1 aromatic heterocycles. The summed E-state index contributed by atoms with van der Waals surface area (Å²) in [6.07, 6.45) is 5.26. The average Bonchev–Trinajstić information content (AvgIpc) is 2.76. The Morgan fingerprint density at radius 3 is 2.59 bits per heavy atom. The largest absolute Gasteiger partial charge is 0.334 e. The predicted molar refractivity (Wildman–Crippen MR) is 67.7 cm³/mol. The highest BCUT2D eigenvalue weighted by molar-refractivity contribution is 5.57. The van der Waals surface area contributed by atoms with Crippen molar-refractivity contribution in [2.45, 2.75) is 19.3 Å². The van der Waals surface area contributed by atoms with Crippen molar-refractivity contribution in [3.63, 3.8) is 0 Å². The van der Waals surface area contributed by atoms with Crippen LogP contribution in [0.5, 0.6) is 0 Å². The number of benzene rings is 1. The summed E-state index contributed by atoms with van der Waals surface area (Å²) in [5.41, 5.74) is 2.29. The van der Waals surface area contributed by atoms with Crippen LogP contribution in [-0.4, -0.2) is 15.8 Å². The molecular weight excluding hydrogens is 212 g/mol. The molecule has 0 spiro atoms. The van der Waals surface area contributed by atoms with Crippen LogP contribution in [0, 0.1) is 0 Å². The van der Waals surface area contributed by atoms with E-state index in [1.807, 2.05) is 17.8 Å². The highest BCUT2D eigenvalue weighted by atomic mass is 16.1. The van der Waals surface area contributed by atoms with Gasteiger partial charge in [0.15, 0.2) is 0 Å². The lowest BCUT2D eigenvalue weighted by molar-refractivity contribution is -0.108. The molecule has 0 amide bonds. The summed E-state index contributed by atoms with van der Waals surface area (Å²) >= 11 is 0. The molecule has 2 aromatic rings. The van der Waals surface area contributed by atoms with E-state index in [4.69, 9.17) is 0 Å². The second kappa shape index (κ2) is 4.95. The van der Waals surface area contributed by atoms with Crippen LogP contribution in [0.1, 0.15) is 24.8 Å². The van der Waals surface area contributed by atoms with E-state index < -0.39 is 0 Å². The number of carbonyl (C=O) groups excluding carboxylic acids is 1. The molecule has 1 atom stereocenters. The SMILES string of the molecule is CC(CC=O)c1ccc(-c2nccn2C)cc1. The van der Waals surface area contributed by atoms with E-state index in [1.54, 1.807) is 6.20 Å². The summed E-state index contributed by atoms with van der Waals surface area (Å²) < 4.78 is 1.99. The topological polar surface area (TPSA) is 34.9 Å². The van der Waals surface area contributed by atoms with Gasteiger partial charge >= 0.3 is 0 Å². The first-order chi connectivity index (χ1) is 8.22. The zero-order valence-electron chi connectivity index (χ0n) is 10.1. The normalized spacial score (nSPS) is 12.4. The minimum atomic E-state index is 0.280. The zero-order valence-corrected chi connectivity index (χ0v) is 10.1. The third kappa shape index (κ3) is 2.44. The molecule has 0 saturated carbocycles. The molecule has 0 radical (unpaired) electrons. The van der Waals surface area contributed by atoms with E-state index in [0.29, 0.717) is 6.42 Å². The lowest BCUT2D eigenvalue weighted by Crippen LogP contribution is -1.95. The van der Waals surface area contributed by atoms with Gasteiger partial charge in [0.25, 0.3) is 0 Å². The Labute approximate surface area is 101 Å². The van der Waals surface area contributed by atoms with E-state index in [-0.39, 0.29) is 5.92 Å². The fourth-order valence-electron chi connectivity index (χ4n) is 1.88. The van der Waals surface area contributed by atoms with Gasteiger partial charge in [0, 0.05) is 31.4 Å². The molecule has 17 heavy (non-hydrogen) atoms. The molecule has 3 heteroatoms. The maximum Gasteiger partial charge on any atom is 0.139 e. The van der Waals surface area contributed by atoms with Gasteiger partial charge in [-0.15, -0.1) is 0 Å². The summed E-state index contributed by atoms with van der Waals surface area (Å²) in [5, 5.41) is 0. The Kier molecular flexibility index (Phi) is 3.38. The molecule has 1 heterocycles. The highest BCUT2D eigenvalue weighted by Gasteiger charge is 2.06. The van der Waals surface area contributed by atoms with Crippen molar-refractivity contribution in [1.82, 2.24) is 9.55 Å². The molecule has 0 aliphatic carbocycles. The van der Waals surface area contributed by atoms with Crippen molar-refractivity contribution in [3.8, 4) is 11.4 Å². The van der Waals surface area contributed by atoms with Crippen molar-refractivity contribution < 1.29 is 4.79 Å². The Morgan fingerprint density at radius 2 is 2.06 bits per heavy atom. The molecule has 2 rings (SSSR count). The minimum absolute atomic E-state index is 0.280. The second-order valence-electron chi connectivity index (χ2n) is 4.29. The van der Waals surface area contributed by atoms with Gasteiger partial charge in [-0.05, 0) is 11.5 Å². The maximum absolute atomic E-state index is 10.5. The Bertz CT molecular complexity index is 499. The molecule has 0 bridgehead atoms. The number of imidazole rings is 1.